The molecular weight excluding hydrogens is 245 g/mol. The lowest BCUT2D eigenvalue weighted by molar-refractivity contribution is 0.414. The zero-order chi connectivity index (χ0) is 13.8. The van der Waals surface area contributed by atoms with Gasteiger partial charge in [-0.3, -0.25) is 0 Å². The minimum absolute atomic E-state index is 0.271. The Labute approximate surface area is 110 Å². The number of ether oxygens (including phenoxy) is 1. The molecule has 0 amide bonds. The molecule has 0 radical (unpaired) electrons. The molecule has 0 fully saturated rings. The van der Waals surface area contributed by atoms with E-state index in [1.807, 2.05) is 6.07 Å². The van der Waals surface area contributed by atoms with Crippen molar-refractivity contribution in [2.75, 3.05) is 18.2 Å². The summed E-state index contributed by atoms with van der Waals surface area (Å²) in [5, 5.41) is 11.8. The van der Waals surface area contributed by atoms with Gasteiger partial charge in [0.1, 0.15) is 17.6 Å². The lowest BCUT2D eigenvalue weighted by atomic mass is 10.1. The Balaban J connectivity index is 2.33. The average molecular weight is 257 g/mol. The van der Waals surface area contributed by atoms with Crippen molar-refractivity contribution in [2.24, 2.45) is 0 Å². The summed E-state index contributed by atoms with van der Waals surface area (Å²) in [5.74, 6) is 0.135. The third-order valence-corrected chi connectivity index (χ3v) is 2.63. The largest absolute Gasteiger partial charge is 0.497 e. The summed E-state index contributed by atoms with van der Waals surface area (Å²) >= 11 is 0. The summed E-state index contributed by atoms with van der Waals surface area (Å²) < 4.78 is 18.7. The fourth-order valence-corrected chi connectivity index (χ4v) is 1.61. The zero-order valence-electron chi connectivity index (χ0n) is 10.3. The van der Waals surface area contributed by atoms with Crippen molar-refractivity contribution >= 4 is 17.1 Å². The van der Waals surface area contributed by atoms with E-state index in [4.69, 9.17) is 15.7 Å². The molecule has 19 heavy (non-hydrogen) atoms. The molecule has 0 unspecified atom stereocenters. The van der Waals surface area contributed by atoms with Crippen LogP contribution in [0.1, 0.15) is 5.56 Å². The Morgan fingerprint density at radius 3 is 2.74 bits per heavy atom. The molecule has 0 heterocycles. The number of halogens is 1. The van der Waals surface area contributed by atoms with Gasteiger partial charge in [-0.25, -0.2) is 4.39 Å². The van der Waals surface area contributed by atoms with Crippen molar-refractivity contribution in [3.05, 3.63) is 47.8 Å². The smallest absolute Gasteiger partial charge is 0.146 e. The maximum Gasteiger partial charge on any atom is 0.146 e. The third kappa shape index (κ3) is 2.75. The van der Waals surface area contributed by atoms with Crippen molar-refractivity contribution in [1.82, 2.24) is 0 Å². The van der Waals surface area contributed by atoms with Gasteiger partial charge in [0.25, 0.3) is 0 Å². The van der Waals surface area contributed by atoms with Crippen LogP contribution in [0.2, 0.25) is 0 Å². The number of nitrogens with one attached hydrogen (secondary N) is 1. The highest BCUT2D eigenvalue weighted by Crippen LogP contribution is 2.26. The molecule has 4 nitrogen and oxygen atoms in total. The Morgan fingerprint density at radius 2 is 2.05 bits per heavy atom. The van der Waals surface area contributed by atoms with Gasteiger partial charge in [-0.2, -0.15) is 5.26 Å². The van der Waals surface area contributed by atoms with Crippen molar-refractivity contribution in [1.29, 1.82) is 5.26 Å². The maximum atomic E-state index is 13.6. The summed E-state index contributed by atoms with van der Waals surface area (Å²) in [4.78, 5) is 0. The molecule has 0 bridgehead atoms. The summed E-state index contributed by atoms with van der Waals surface area (Å²) in [6.45, 7) is 0. The first-order valence-electron chi connectivity index (χ1n) is 5.54. The summed E-state index contributed by atoms with van der Waals surface area (Å²) in [6.07, 6.45) is 0. The van der Waals surface area contributed by atoms with E-state index in [0.717, 1.165) is 0 Å². The van der Waals surface area contributed by atoms with E-state index in [0.29, 0.717) is 22.7 Å². The first kappa shape index (κ1) is 12.7. The molecule has 2 rings (SSSR count). The van der Waals surface area contributed by atoms with E-state index < -0.39 is 5.82 Å². The predicted molar refractivity (Wildman–Crippen MR) is 71.8 cm³/mol. The van der Waals surface area contributed by atoms with E-state index in [1.165, 1.54) is 25.3 Å². The highest BCUT2D eigenvalue weighted by molar-refractivity contribution is 5.67. The molecule has 0 saturated heterocycles. The highest BCUT2D eigenvalue weighted by atomic mass is 19.1. The molecule has 3 N–H and O–H groups in total. The number of rotatable bonds is 3. The minimum atomic E-state index is -0.406. The van der Waals surface area contributed by atoms with Crippen LogP contribution in [-0.2, 0) is 0 Å². The van der Waals surface area contributed by atoms with Gasteiger partial charge in [0.2, 0.25) is 0 Å². The second-order valence-electron chi connectivity index (χ2n) is 3.88. The number of nitrogens with two attached hydrogens (primary N) is 1. The molecule has 2 aromatic rings. The third-order valence-electron chi connectivity index (χ3n) is 2.63. The number of nitrogens with zero attached hydrogens (tertiary/aromatic N) is 1. The predicted octanol–water partition coefficient (Wildman–Crippen LogP) is 3.03. The van der Waals surface area contributed by atoms with E-state index in [1.54, 1.807) is 18.2 Å². The normalized spacial score (nSPS) is 9.74. The van der Waals surface area contributed by atoms with Crippen molar-refractivity contribution < 1.29 is 9.13 Å². The fourth-order valence-electron chi connectivity index (χ4n) is 1.61. The Morgan fingerprint density at radius 1 is 1.26 bits per heavy atom. The molecule has 0 aliphatic rings. The average Bonchev–Trinajstić information content (AvgIpc) is 2.43. The number of benzene rings is 2. The number of nitrogen functional groups attached to an aromatic ring is 1. The van der Waals surface area contributed by atoms with Crippen LogP contribution >= 0.6 is 0 Å². The van der Waals surface area contributed by atoms with Crippen LogP contribution in [0, 0.1) is 17.1 Å². The van der Waals surface area contributed by atoms with E-state index in [2.05, 4.69) is 5.32 Å². The maximum absolute atomic E-state index is 13.6. The second-order valence-corrected chi connectivity index (χ2v) is 3.88. The number of hydrogen-bond acceptors (Lipinski definition) is 4. The minimum Gasteiger partial charge on any atom is -0.497 e. The second kappa shape index (κ2) is 5.27. The number of hydrogen-bond donors (Lipinski definition) is 2. The van der Waals surface area contributed by atoms with Gasteiger partial charge in [-0.15, -0.1) is 0 Å². The van der Waals surface area contributed by atoms with E-state index in [9.17, 15) is 4.39 Å². The van der Waals surface area contributed by atoms with Gasteiger partial charge in [-0.1, -0.05) is 0 Å². The van der Waals surface area contributed by atoms with Crippen LogP contribution in [-0.4, -0.2) is 7.11 Å². The number of nitriles is 1. The van der Waals surface area contributed by atoms with Crippen LogP contribution < -0.4 is 15.8 Å². The Hall–Kier alpha value is -2.74. The van der Waals surface area contributed by atoms with Crippen LogP contribution in [0.25, 0.3) is 0 Å². The van der Waals surface area contributed by atoms with Crippen LogP contribution in [0.4, 0.5) is 21.5 Å². The molecule has 5 heteroatoms. The van der Waals surface area contributed by atoms with Crippen molar-refractivity contribution in [3.8, 4) is 11.8 Å². The van der Waals surface area contributed by atoms with Gasteiger partial charge in [-0.05, 0) is 30.3 Å². The SMILES string of the molecule is COc1ccc(F)c(Nc2ccc(N)c(C#N)c2)c1. The standard InChI is InChI=1S/C14H12FN3O/c1-19-11-3-4-12(15)14(7-11)18-10-2-5-13(17)9(6-10)8-16/h2-7,18H,17H2,1H3. The van der Waals surface area contributed by atoms with Gasteiger partial charge < -0.3 is 15.8 Å². The van der Waals surface area contributed by atoms with Crippen molar-refractivity contribution in [2.45, 2.75) is 0 Å². The highest BCUT2D eigenvalue weighted by Gasteiger charge is 2.06. The Kier molecular flexibility index (Phi) is 3.53. The molecule has 0 saturated carbocycles. The topological polar surface area (TPSA) is 71.1 Å². The lowest BCUT2D eigenvalue weighted by Crippen LogP contribution is -1.97. The van der Waals surface area contributed by atoms with E-state index in [-0.39, 0.29) is 5.69 Å². The van der Waals surface area contributed by atoms with Gasteiger partial charge >= 0.3 is 0 Å². The first-order valence-corrected chi connectivity index (χ1v) is 5.54. The molecule has 0 aliphatic heterocycles. The summed E-state index contributed by atoms with van der Waals surface area (Å²) in [7, 11) is 1.51. The molecule has 0 aromatic heterocycles. The molecular formula is C14H12FN3O. The van der Waals surface area contributed by atoms with E-state index >= 15 is 0 Å². The van der Waals surface area contributed by atoms with Gasteiger partial charge in [0.15, 0.2) is 0 Å². The summed E-state index contributed by atoms with van der Waals surface area (Å²) in [5.41, 5.74) is 7.21. The van der Waals surface area contributed by atoms with Gasteiger partial charge in [0.05, 0.1) is 18.4 Å². The van der Waals surface area contributed by atoms with Crippen LogP contribution in [0.15, 0.2) is 36.4 Å². The molecule has 0 aliphatic carbocycles. The summed E-state index contributed by atoms with van der Waals surface area (Å²) in [6, 6.07) is 11.2. The number of anilines is 3. The van der Waals surface area contributed by atoms with Crippen molar-refractivity contribution in [3.63, 3.8) is 0 Å². The Bertz CT molecular complexity index is 650. The molecule has 2 aromatic carbocycles. The molecule has 96 valence electrons. The van der Waals surface area contributed by atoms with Gasteiger partial charge in [0, 0.05) is 17.4 Å². The van der Waals surface area contributed by atoms with Crippen LogP contribution in [0.3, 0.4) is 0 Å². The zero-order valence-corrected chi connectivity index (χ0v) is 10.3. The van der Waals surface area contributed by atoms with Crippen LogP contribution in [0.5, 0.6) is 5.75 Å². The monoisotopic (exact) mass is 257 g/mol. The number of methoxy groups -OCH3 is 1. The lowest BCUT2D eigenvalue weighted by Gasteiger charge is -2.10. The first-order chi connectivity index (χ1) is 9.13. The quantitative estimate of drug-likeness (QED) is 0.829. The fraction of sp³-hybridized carbons (Fsp3) is 0.0714. The molecule has 0 atom stereocenters. The molecule has 0 spiro atoms.